The highest BCUT2D eigenvalue weighted by atomic mass is 79.9. The van der Waals surface area contributed by atoms with Gasteiger partial charge in [0.1, 0.15) is 17.4 Å². The average Bonchev–Trinajstić information content (AvgIpc) is 3.44. The Morgan fingerprint density at radius 1 is 1.08 bits per heavy atom. The van der Waals surface area contributed by atoms with Crippen LogP contribution in [0.1, 0.15) is 23.8 Å². The van der Waals surface area contributed by atoms with Crippen molar-refractivity contribution in [2.45, 2.75) is 13.5 Å². The molecule has 0 bridgehead atoms. The van der Waals surface area contributed by atoms with E-state index in [4.69, 9.17) is 23.4 Å². The van der Waals surface area contributed by atoms with E-state index < -0.39 is 11.9 Å². The Balaban J connectivity index is 1.74. The van der Waals surface area contributed by atoms with E-state index in [0.717, 1.165) is 0 Å². The van der Waals surface area contributed by atoms with Crippen LogP contribution in [0.5, 0.6) is 23.0 Å². The number of esters is 1. The van der Waals surface area contributed by atoms with E-state index >= 15 is 0 Å². The van der Waals surface area contributed by atoms with Crippen LogP contribution in [0, 0.1) is 11.3 Å². The van der Waals surface area contributed by atoms with Crippen molar-refractivity contribution < 1.29 is 33.0 Å². The second-order valence-corrected chi connectivity index (χ2v) is 8.42. The van der Waals surface area contributed by atoms with Crippen LogP contribution in [-0.2, 0) is 16.1 Å². The first kappa shape index (κ1) is 28.1. The largest absolute Gasteiger partial charge is 0.493 e. The summed E-state index contributed by atoms with van der Waals surface area (Å²) in [5.41, 5.74) is 1.10. The summed E-state index contributed by atoms with van der Waals surface area (Å²) in [6, 6.07) is 13.5. The summed E-state index contributed by atoms with van der Waals surface area (Å²) in [4.78, 5) is 24.9. The minimum Gasteiger partial charge on any atom is -0.493 e. The molecular formula is C28H25BrN2O7. The number of ether oxygens (including phenoxy) is 4. The lowest BCUT2D eigenvalue weighted by atomic mass is 10.1. The maximum atomic E-state index is 12.5. The van der Waals surface area contributed by atoms with Crippen LogP contribution < -0.4 is 24.3 Å². The number of nitrogens with one attached hydrogen (secondary N) is 1. The van der Waals surface area contributed by atoms with Crippen LogP contribution in [-0.4, -0.2) is 32.7 Å². The number of hydrogen-bond donors (Lipinski definition) is 1. The van der Waals surface area contributed by atoms with Crippen molar-refractivity contribution in [1.82, 2.24) is 5.32 Å². The van der Waals surface area contributed by atoms with Gasteiger partial charge in [-0.3, -0.25) is 4.79 Å². The molecule has 3 rings (SSSR count). The van der Waals surface area contributed by atoms with Gasteiger partial charge in [0.15, 0.2) is 23.0 Å². The molecule has 1 heterocycles. The molecule has 0 aliphatic heterocycles. The SMILES string of the molecule is CCOc1cc(/C=C(\C#N)C(=O)NCc2ccco2)ccc1OC(=O)/C=C/c1cc(Br)c(OC)c(OC)c1. The first-order valence-electron chi connectivity index (χ1n) is 11.4. The second-order valence-electron chi connectivity index (χ2n) is 7.56. The summed E-state index contributed by atoms with van der Waals surface area (Å²) in [6.45, 7) is 2.24. The van der Waals surface area contributed by atoms with Crippen LogP contribution in [0.3, 0.4) is 0 Å². The van der Waals surface area contributed by atoms with Crippen molar-refractivity contribution in [3.63, 3.8) is 0 Å². The summed E-state index contributed by atoms with van der Waals surface area (Å²) in [5, 5.41) is 12.1. The summed E-state index contributed by atoms with van der Waals surface area (Å²) in [7, 11) is 3.05. The number of hydrogen-bond acceptors (Lipinski definition) is 8. The molecule has 1 amide bonds. The van der Waals surface area contributed by atoms with Gasteiger partial charge >= 0.3 is 5.97 Å². The first-order valence-corrected chi connectivity index (χ1v) is 12.2. The number of furan rings is 1. The third-order valence-corrected chi connectivity index (χ3v) is 5.61. The zero-order chi connectivity index (χ0) is 27.5. The van der Waals surface area contributed by atoms with Crippen molar-refractivity contribution in [2.75, 3.05) is 20.8 Å². The first-order chi connectivity index (χ1) is 18.4. The van der Waals surface area contributed by atoms with E-state index in [1.165, 1.54) is 38.7 Å². The molecule has 0 aliphatic rings. The molecule has 38 heavy (non-hydrogen) atoms. The maximum Gasteiger partial charge on any atom is 0.336 e. The highest BCUT2D eigenvalue weighted by molar-refractivity contribution is 9.10. The Morgan fingerprint density at radius 3 is 2.53 bits per heavy atom. The molecule has 0 atom stereocenters. The number of halogens is 1. The molecule has 0 aliphatic carbocycles. The van der Waals surface area contributed by atoms with Gasteiger partial charge in [0.05, 0.1) is 38.1 Å². The van der Waals surface area contributed by atoms with E-state index in [9.17, 15) is 14.9 Å². The molecule has 0 radical (unpaired) electrons. The highest BCUT2D eigenvalue weighted by Crippen LogP contribution is 2.36. The van der Waals surface area contributed by atoms with Gasteiger partial charge in [-0.15, -0.1) is 0 Å². The van der Waals surface area contributed by atoms with E-state index in [2.05, 4.69) is 21.2 Å². The van der Waals surface area contributed by atoms with Gasteiger partial charge in [0.25, 0.3) is 5.91 Å². The van der Waals surface area contributed by atoms with Gasteiger partial charge in [0, 0.05) is 6.08 Å². The van der Waals surface area contributed by atoms with E-state index in [1.807, 2.05) is 6.07 Å². The zero-order valence-electron chi connectivity index (χ0n) is 20.9. The zero-order valence-corrected chi connectivity index (χ0v) is 22.5. The monoisotopic (exact) mass is 580 g/mol. The van der Waals surface area contributed by atoms with E-state index in [1.54, 1.807) is 49.4 Å². The van der Waals surface area contributed by atoms with Crippen LogP contribution in [0.25, 0.3) is 12.2 Å². The molecule has 1 aromatic heterocycles. The van der Waals surface area contributed by atoms with Crippen LogP contribution in [0.2, 0.25) is 0 Å². The lowest BCUT2D eigenvalue weighted by molar-refractivity contribution is -0.129. The maximum absolute atomic E-state index is 12.5. The average molecular weight is 581 g/mol. The van der Waals surface area contributed by atoms with Crippen molar-refractivity contribution in [2.24, 2.45) is 0 Å². The minimum atomic E-state index is -0.629. The predicted octanol–water partition coefficient (Wildman–Crippen LogP) is 5.30. The van der Waals surface area contributed by atoms with Crippen LogP contribution in [0.4, 0.5) is 0 Å². The fourth-order valence-electron chi connectivity index (χ4n) is 3.30. The molecule has 0 fully saturated rings. The molecule has 9 nitrogen and oxygen atoms in total. The standard InChI is InChI=1S/C28H25BrN2O7/c1-4-36-24-14-18(12-20(16-30)28(33)31-17-21-6-5-11-37-21)7-9-23(24)38-26(32)10-8-19-13-22(29)27(35-3)25(15-19)34-2/h5-15H,4,17H2,1-3H3,(H,31,33)/b10-8+,20-12+. The van der Waals surface area contributed by atoms with Crippen LogP contribution >= 0.6 is 15.9 Å². The summed E-state index contributed by atoms with van der Waals surface area (Å²) in [5.74, 6) is 0.895. The molecule has 0 unspecified atom stereocenters. The molecule has 2 aromatic carbocycles. The molecule has 0 spiro atoms. The molecule has 10 heteroatoms. The van der Waals surface area contributed by atoms with Crippen molar-refractivity contribution in [3.8, 4) is 29.1 Å². The summed E-state index contributed by atoms with van der Waals surface area (Å²) < 4.78 is 27.6. The third kappa shape index (κ3) is 7.51. The topological polar surface area (TPSA) is 120 Å². The van der Waals surface area contributed by atoms with E-state index in [0.29, 0.717) is 39.5 Å². The van der Waals surface area contributed by atoms with E-state index in [-0.39, 0.29) is 23.6 Å². The molecule has 0 saturated carbocycles. The second kappa shape index (κ2) is 13.7. The number of amides is 1. The smallest absolute Gasteiger partial charge is 0.336 e. The Labute approximate surface area is 228 Å². The van der Waals surface area contributed by atoms with Crippen molar-refractivity contribution in [3.05, 3.63) is 81.7 Å². The molecule has 196 valence electrons. The minimum absolute atomic E-state index is 0.104. The quantitative estimate of drug-likeness (QED) is 0.140. The Kier molecular flexibility index (Phi) is 10.1. The lowest BCUT2D eigenvalue weighted by Gasteiger charge is -2.11. The third-order valence-electron chi connectivity index (χ3n) is 5.03. The Bertz CT molecular complexity index is 1390. The number of carbonyl (C=O) groups excluding carboxylic acids is 2. The molecule has 3 aromatic rings. The number of benzene rings is 2. The number of methoxy groups -OCH3 is 2. The van der Waals surface area contributed by atoms with Gasteiger partial charge in [-0.1, -0.05) is 6.07 Å². The van der Waals surface area contributed by atoms with Gasteiger partial charge in [0.2, 0.25) is 0 Å². The van der Waals surface area contributed by atoms with Gasteiger partial charge in [-0.25, -0.2) is 4.79 Å². The lowest BCUT2D eigenvalue weighted by Crippen LogP contribution is -2.23. The number of nitrogens with zero attached hydrogens (tertiary/aromatic N) is 1. The van der Waals surface area contributed by atoms with Gasteiger partial charge in [-0.2, -0.15) is 5.26 Å². The fraction of sp³-hybridized carbons (Fsp3) is 0.179. The number of carbonyl (C=O) groups is 2. The summed E-state index contributed by atoms with van der Waals surface area (Å²) >= 11 is 3.42. The van der Waals surface area contributed by atoms with Crippen molar-refractivity contribution >= 4 is 40.0 Å². The molecule has 0 saturated heterocycles. The van der Waals surface area contributed by atoms with Crippen LogP contribution in [0.15, 0.2) is 69.3 Å². The highest BCUT2D eigenvalue weighted by Gasteiger charge is 2.14. The number of nitriles is 1. The predicted molar refractivity (Wildman–Crippen MR) is 144 cm³/mol. The van der Waals surface area contributed by atoms with Gasteiger partial charge < -0.3 is 28.7 Å². The Morgan fingerprint density at radius 2 is 1.87 bits per heavy atom. The molecular weight excluding hydrogens is 556 g/mol. The molecule has 1 N–H and O–H groups in total. The van der Waals surface area contributed by atoms with Crippen molar-refractivity contribution in [1.29, 1.82) is 5.26 Å². The normalized spacial score (nSPS) is 11.1. The van der Waals surface area contributed by atoms with Gasteiger partial charge in [-0.05, 0) is 82.5 Å². The summed E-state index contributed by atoms with van der Waals surface area (Å²) in [6.07, 6.45) is 5.76. The Hall–Kier alpha value is -4.49. The fourth-order valence-corrected chi connectivity index (χ4v) is 3.92. The number of rotatable bonds is 11.